The number of likely N-dealkylation sites (tertiary alicyclic amines) is 1. The topological polar surface area (TPSA) is 75.4 Å². The molecule has 2 fully saturated rings. The summed E-state index contributed by atoms with van der Waals surface area (Å²) in [4.78, 5) is 25.8. The molecule has 0 aromatic heterocycles. The second-order valence-electron chi connectivity index (χ2n) is 6.08. The third-order valence-electron chi connectivity index (χ3n) is 4.56. The summed E-state index contributed by atoms with van der Waals surface area (Å²) in [5.74, 6) is 0.495. The van der Waals surface area contributed by atoms with Crippen molar-refractivity contribution in [2.24, 2.45) is 11.7 Å². The average molecular weight is 281 g/mol. The Hall–Kier alpha value is -1.10. The summed E-state index contributed by atoms with van der Waals surface area (Å²) in [5.41, 5.74) is 5.78. The molecule has 2 amide bonds. The lowest BCUT2D eigenvalue weighted by molar-refractivity contribution is -0.136. The second kappa shape index (κ2) is 7.62. The van der Waals surface area contributed by atoms with Crippen LogP contribution in [0.2, 0.25) is 0 Å². The van der Waals surface area contributed by atoms with Crippen LogP contribution in [0.4, 0.5) is 0 Å². The highest BCUT2D eigenvalue weighted by Crippen LogP contribution is 2.23. The van der Waals surface area contributed by atoms with Gasteiger partial charge in [-0.3, -0.25) is 9.59 Å². The van der Waals surface area contributed by atoms with E-state index in [0.717, 1.165) is 45.1 Å². The van der Waals surface area contributed by atoms with Crippen LogP contribution < -0.4 is 11.1 Å². The molecular formula is C15H27N3O2. The Labute approximate surface area is 121 Å². The molecule has 1 heterocycles. The maximum absolute atomic E-state index is 12.2. The Balaban J connectivity index is 1.83. The predicted octanol–water partition coefficient (Wildman–Crippen LogP) is 1.02. The molecule has 1 aliphatic heterocycles. The zero-order chi connectivity index (χ0) is 14.4. The molecule has 0 aromatic carbocycles. The molecule has 1 aliphatic carbocycles. The van der Waals surface area contributed by atoms with Crippen molar-refractivity contribution in [3.63, 3.8) is 0 Å². The Morgan fingerprint density at radius 2 is 2.00 bits per heavy atom. The first-order chi connectivity index (χ1) is 9.70. The van der Waals surface area contributed by atoms with Crippen LogP contribution in [-0.2, 0) is 9.59 Å². The third kappa shape index (κ3) is 4.20. The lowest BCUT2D eigenvalue weighted by Crippen LogP contribution is -2.48. The van der Waals surface area contributed by atoms with Gasteiger partial charge in [0.05, 0.1) is 6.54 Å². The molecule has 2 aliphatic rings. The van der Waals surface area contributed by atoms with Crippen molar-refractivity contribution in [2.75, 3.05) is 19.6 Å². The quantitative estimate of drug-likeness (QED) is 0.808. The Kier molecular flexibility index (Phi) is 5.83. The number of nitrogens with two attached hydrogens (primary N) is 1. The lowest BCUT2D eigenvalue weighted by Gasteiger charge is -2.32. The molecule has 0 aromatic rings. The molecule has 1 saturated carbocycles. The van der Waals surface area contributed by atoms with Crippen molar-refractivity contribution in [1.29, 1.82) is 0 Å². The van der Waals surface area contributed by atoms with Gasteiger partial charge in [0.1, 0.15) is 0 Å². The van der Waals surface area contributed by atoms with E-state index in [9.17, 15) is 9.59 Å². The number of nitrogens with one attached hydrogen (secondary N) is 1. The third-order valence-corrected chi connectivity index (χ3v) is 4.56. The van der Waals surface area contributed by atoms with Crippen molar-refractivity contribution < 1.29 is 9.59 Å². The molecule has 5 heteroatoms. The summed E-state index contributed by atoms with van der Waals surface area (Å²) in [6.07, 6.45) is 8.11. The van der Waals surface area contributed by atoms with Gasteiger partial charge in [-0.05, 0) is 38.1 Å². The van der Waals surface area contributed by atoms with Gasteiger partial charge in [-0.1, -0.05) is 19.3 Å². The second-order valence-corrected chi connectivity index (χ2v) is 6.08. The average Bonchev–Trinajstić information content (AvgIpc) is 2.65. The summed E-state index contributed by atoms with van der Waals surface area (Å²) in [5, 5.41) is 3.10. The smallest absolute Gasteiger partial charge is 0.239 e. The number of carbonyl (C=O) groups is 2. The van der Waals surface area contributed by atoms with Crippen molar-refractivity contribution in [1.82, 2.24) is 10.2 Å². The minimum absolute atomic E-state index is 0.0226. The van der Waals surface area contributed by atoms with Gasteiger partial charge in [0.25, 0.3) is 0 Å². The van der Waals surface area contributed by atoms with E-state index in [0.29, 0.717) is 18.9 Å². The number of carbonyl (C=O) groups excluding carboxylic acids is 2. The number of hydrogen-bond donors (Lipinski definition) is 2. The van der Waals surface area contributed by atoms with Gasteiger partial charge in [0.2, 0.25) is 11.8 Å². The van der Waals surface area contributed by atoms with E-state index in [1.807, 2.05) is 0 Å². The molecule has 0 spiro atoms. The minimum Gasteiger partial charge on any atom is -0.352 e. The van der Waals surface area contributed by atoms with Crippen LogP contribution in [0.15, 0.2) is 0 Å². The van der Waals surface area contributed by atoms with Gasteiger partial charge in [-0.2, -0.15) is 0 Å². The van der Waals surface area contributed by atoms with Crippen LogP contribution in [0.3, 0.4) is 0 Å². The van der Waals surface area contributed by atoms with Crippen LogP contribution in [0, 0.1) is 5.92 Å². The van der Waals surface area contributed by atoms with Gasteiger partial charge in [0, 0.05) is 19.0 Å². The van der Waals surface area contributed by atoms with Crippen LogP contribution in [0.1, 0.15) is 51.4 Å². The molecule has 2 rings (SSSR count). The lowest BCUT2D eigenvalue weighted by atomic mass is 9.84. The number of hydrogen-bond acceptors (Lipinski definition) is 3. The van der Waals surface area contributed by atoms with Gasteiger partial charge < -0.3 is 16.0 Å². The molecule has 1 saturated heterocycles. The van der Waals surface area contributed by atoms with Crippen LogP contribution in [-0.4, -0.2) is 42.4 Å². The Morgan fingerprint density at radius 3 is 2.80 bits per heavy atom. The van der Waals surface area contributed by atoms with E-state index in [2.05, 4.69) is 5.32 Å². The maximum Gasteiger partial charge on any atom is 0.239 e. The number of nitrogens with zero attached hydrogens (tertiary/aromatic N) is 1. The van der Waals surface area contributed by atoms with E-state index >= 15 is 0 Å². The Morgan fingerprint density at radius 1 is 1.20 bits per heavy atom. The van der Waals surface area contributed by atoms with Crippen molar-refractivity contribution in [3.8, 4) is 0 Å². The van der Waals surface area contributed by atoms with Crippen LogP contribution >= 0.6 is 0 Å². The highest BCUT2D eigenvalue weighted by atomic mass is 16.2. The molecular weight excluding hydrogens is 254 g/mol. The largest absolute Gasteiger partial charge is 0.352 e. The molecule has 2 unspecified atom stereocenters. The van der Waals surface area contributed by atoms with Gasteiger partial charge >= 0.3 is 0 Å². The van der Waals surface area contributed by atoms with E-state index in [-0.39, 0.29) is 24.4 Å². The van der Waals surface area contributed by atoms with Crippen molar-refractivity contribution in [3.05, 3.63) is 0 Å². The van der Waals surface area contributed by atoms with E-state index < -0.39 is 0 Å². The molecule has 5 nitrogen and oxygen atoms in total. The zero-order valence-corrected chi connectivity index (χ0v) is 12.3. The molecule has 2 atom stereocenters. The van der Waals surface area contributed by atoms with Crippen LogP contribution in [0.5, 0.6) is 0 Å². The first-order valence-corrected chi connectivity index (χ1v) is 7.98. The summed E-state index contributed by atoms with van der Waals surface area (Å²) >= 11 is 0. The fourth-order valence-corrected chi connectivity index (χ4v) is 3.31. The van der Waals surface area contributed by atoms with E-state index in [1.165, 1.54) is 6.42 Å². The highest BCUT2D eigenvalue weighted by Gasteiger charge is 2.26. The first kappa shape index (κ1) is 15.3. The normalized spacial score (nSPS) is 28.1. The maximum atomic E-state index is 12.2. The highest BCUT2D eigenvalue weighted by molar-refractivity contribution is 5.85. The number of rotatable bonds is 4. The molecule has 3 N–H and O–H groups in total. The fraction of sp³-hybridized carbons (Fsp3) is 0.867. The summed E-state index contributed by atoms with van der Waals surface area (Å²) in [7, 11) is 0. The summed E-state index contributed by atoms with van der Waals surface area (Å²) in [6, 6.07) is 0.198. The summed E-state index contributed by atoms with van der Waals surface area (Å²) in [6.45, 7) is 1.57. The van der Waals surface area contributed by atoms with Crippen molar-refractivity contribution in [2.45, 2.75) is 57.4 Å². The SMILES string of the molecule is NCC1CCCCC1NC(=O)CN1CCCCCC1=O. The van der Waals surface area contributed by atoms with E-state index in [1.54, 1.807) is 4.90 Å². The molecule has 114 valence electrons. The molecule has 20 heavy (non-hydrogen) atoms. The van der Waals surface area contributed by atoms with Gasteiger partial charge in [-0.25, -0.2) is 0 Å². The Bertz CT molecular complexity index is 346. The summed E-state index contributed by atoms with van der Waals surface area (Å²) < 4.78 is 0. The van der Waals surface area contributed by atoms with E-state index in [4.69, 9.17) is 5.73 Å². The first-order valence-electron chi connectivity index (χ1n) is 7.98. The standard InChI is InChI=1S/C15H27N3O2/c16-10-12-6-3-4-7-13(12)17-14(19)11-18-9-5-1-2-8-15(18)20/h12-13H,1-11,16H2,(H,17,19). The predicted molar refractivity (Wildman–Crippen MR) is 78.0 cm³/mol. The molecule has 0 radical (unpaired) electrons. The minimum atomic E-state index is -0.0226. The monoisotopic (exact) mass is 281 g/mol. The number of amides is 2. The zero-order valence-electron chi connectivity index (χ0n) is 12.3. The van der Waals surface area contributed by atoms with Crippen molar-refractivity contribution >= 4 is 11.8 Å². The van der Waals surface area contributed by atoms with Gasteiger partial charge in [0.15, 0.2) is 0 Å². The van der Waals surface area contributed by atoms with Crippen LogP contribution in [0.25, 0.3) is 0 Å². The van der Waals surface area contributed by atoms with Gasteiger partial charge in [-0.15, -0.1) is 0 Å². The fourth-order valence-electron chi connectivity index (χ4n) is 3.31. The molecule has 0 bridgehead atoms.